The van der Waals surface area contributed by atoms with E-state index in [4.69, 9.17) is 5.11 Å². The van der Waals surface area contributed by atoms with Crippen LogP contribution in [0.5, 0.6) is 0 Å². The molecule has 0 spiro atoms. The maximum Gasteiger partial charge on any atom is 0.335 e. The zero-order chi connectivity index (χ0) is 13.9. The molecule has 0 aliphatic carbocycles. The van der Waals surface area contributed by atoms with Gasteiger partial charge in [-0.2, -0.15) is 0 Å². The molecule has 0 fully saturated rings. The second kappa shape index (κ2) is 5.43. The number of carbonyl (C=O) groups is 1. The lowest BCUT2D eigenvalue weighted by Crippen LogP contribution is -2.12. The first kappa shape index (κ1) is 14.6. The van der Waals surface area contributed by atoms with Gasteiger partial charge in [0.15, 0.2) is 21.5 Å². The highest BCUT2D eigenvalue weighted by atomic mass is 32.2. The third-order valence-electron chi connectivity index (χ3n) is 2.34. The highest BCUT2D eigenvalue weighted by Gasteiger charge is 2.24. The molecule has 0 unspecified atom stereocenters. The van der Waals surface area contributed by atoms with Crippen LogP contribution >= 0.6 is 0 Å². The topological polar surface area (TPSA) is 71.4 Å². The normalized spacial score (nSPS) is 11.5. The van der Waals surface area contributed by atoms with Gasteiger partial charge in [-0.15, -0.1) is 0 Å². The van der Waals surface area contributed by atoms with Gasteiger partial charge in [0.05, 0.1) is 11.3 Å². The number of sulfone groups is 1. The molecule has 0 bridgehead atoms. The average Bonchev–Trinajstić information content (AvgIpc) is 2.29. The minimum atomic E-state index is -4.01. The maximum absolute atomic E-state index is 13.4. The quantitative estimate of drug-likeness (QED) is 0.896. The number of hydrogen-bond donors (Lipinski definition) is 1. The summed E-state index contributed by atoms with van der Waals surface area (Å²) >= 11 is 0. The molecule has 1 N–H and O–H groups in total. The molecule has 0 aliphatic heterocycles. The smallest absolute Gasteiger partial charge is 0.335 e. The number of carboxylic acids is 1. The molecule has 0 saturated heterocycles. The van der Waals surface area contributed by atoms with Crippen LogP contribution in [0.3, 0.4) is 0 Å². The third-order valence-corrected chi connectivity index (χ3v) is 4.14. The lowest BCUT2D eigenvalue weighted by Gasteiger charge is -2.07. The zero-order valence-corrected chi connectivity index (χ0v) is 10.4. The Morgan fingerprint density at radius 3 is 2.44 bits per heavy atom. The van der Waals surface area contributed by atoms with Gasteiger partial charge in [-0.1, -0.05) is 13.3 Å². The maximum atomic E-state index is 13.4. The molecule has 18 heavy (non-hydrogen) atoms. The second-order valence-electron chi connectivity index (χ2n) is 3.75. The van der Waals surface area contributed by atoms with Crippen molar-refractivity contribution in [3.8, 4) is 0 Å². The molecule has 4 nitrogen and oxygen atoms in total. The second-order valence-corrected chi connectivity index (χ2v) is 5.83. The van der Waals surface area contributed by atoms with Gasteiger partial charge in [-0.25, -0.2) is 22.0 Å². The fourth-order valence-electron chi connectivity index (χ4n) is 1.36. The summed E-state index contributed by atoms with van der Waals surface area (Å²) in [4.78, 5) is 9.78. The summed E-state index contributed by atoms with van der Waals surface area (Å²) in [5.74, 6) is -4.87. The van der Waals surface area contributed by atoms with Gasteiger partial charge in [0.2, 0.25) is 0 Å². The van der Waals surface area contributed by atoms with Crippen molar-refractivity contribution >= 4 is 15.8 Å². The monoisotopic (exact) mass is 278 g/mol. The van der Waals surface area contributed by atoms with Crippen LogP contribution in [0.15, 0.2) is 17.0 Å². The number of unbranched alkanes of at least 4 members (excludes halogenated alkanes) is 1. The minimum absolute atomic E-state index is 0.292. The van der Waals surface area contributed by atoms with Crippen molar-refractivity contribution in [2.24, 2.45) is 0 Å². The molecule has 0 radical (unpaired) electrons. The van der Waals surface area contributed by atoms with E-state index < -0.39 is 37.9 Å². The Labute approximate surface area is 103 Å². The van der Waals surface area contributed by atoms with Crippen molar-refractivity contribution < 1.29 is 27.1 Å². The SMILES string of the molecule is CCCCS(=O)(=O)c1cc(C(=O)O)cc(F)c1F. The van der Waals surface area contributed by atoms with Gasteiger partial charge in [-0.3, -0.25) is 0 Å². The highest BCUT2D eigenvalue weighted by molar-refractivity contribution is 7.91. The van der Waals surface area contributed by atoms with Gasteiger partial charge < -0.3 is 5.11 Å². The van der Waals surface area contributed by atoms with Gasteiger partial charge in [0, 0.05) is 0 Å². The van der Waals surface area contributed by atoms with Gasteiger partial charge >= 0.3 is 5.97 Å². The first-order valence-electron chi connectivity index (χ1n) is 5.24. The number of hydrogen-bond acceptors (Lipinski definition) is 3. The van der Waals surface area contributed by atoms with Gasteiger partial charge in [-0.05, 0) is 18.6 Å². The summed E-state index contributed by atoms with van der Waals surface area (Å²) in [5, 5.41) is 8.68. The van der Waals surface area contributed by atoms with Crippen LogP contribution in [0.25, 0.3) is 0 Å². The summed E-state index contributed by atoms with van der Waals surface area (Å²) in [6.07, 6.45) is 0.864. The van der Waals surface area contributed by atoms with Crippen LogP contribution in [0.1, 0.15) is 30.1 Å². The molecule has 0 saturated carbocycles. The number of rotatable bonds is 5. The number of benzene rings is 1. The first-order chi connectivity index (χ1) is 8.29. The van der Waals surface area contributed by atoms with Crippen LogP contribution in [0, 0.1) is 11.6 Å². The van der Waals surface area contributed by atoms with Crippen LogP contribution < -0.4 is 0 Å². The molecule has 100 valence electrons. The Morgan fingerprint density at radius 2 is 1.94 bits per heavy atom. The summed E-state index contributed by atoms with van der Waals surface area (Å²) in [6.45, 7) is 1.75. The predicted molar refractivity (Wildman–Crippen MR) is 60.3 cm³/mol. The summed E-state index contributed by atoms with van der Waals surface area (Å²) in [6, 6.07) is 1.10. The molecule has 0 aromatic heterocycles. The standard InChI is InChI=1S/C11H12F2O4S/c1-2-3-4-18(16,17)9-6-7(11(14)15)5-8(12)10(9)13/h5-6H,2-4H2,1H3,(H,14,15). The number of aromatic carboxylic acids is 1. The van der Waals surface area contributed by atoms with Crippen molar-refractivity contribution in [3.05, 3.63) is 29.3 Å². The van der Waals surface area contributed by atoms with Crippen molar-refractivity contribution in [3.63, 3.8) is 0 Å². The molecule has 0 aliphatic rings. The van der Waals surface area contributed by atoms with E-state index in [-0.39, 0.29) is 5.75 Å². The average molecular weight is 278 g/mol. The molecule has 7 heteroatoms. The molecule has 1 aromatic rings. The van der Waals surface area contributed by atoms with E-state index in [1.54, 1.807) is 6.92 Å². The summed E-state index contributed by atoms with van der Waals surface area (Å²) in [5.41, 5.74) is -0.594. The van der Waals surface area contributed by atoms with E-state index in [1.807, 2.05) is 0 Å². The van der Waals surface area contributed by atoms with E-state index in [2.05, 4.69) is 0 Å². The molecular weight excluding hydrogens is 266 g/mol. The lowest BCUT2D eigenvalue weighted by molar-refractivity contribution is 0.0696. The Kier molecular flexibility index (Phi) is 4.39. The summed E-state index contributed by atoms with van der Waals surface area (Å²) < 4.78 is 50.0. The molecule has 1 rings (SSSR count). The van der Waals surface area contributed by atoms with Crippen LogP contribution in [-0.2, 0) is 9.84 Å². The Balaban J connectivity index is 3.35. The van der Waals surface area contributed by atoms with E-state index in [0.717, 1.165) is 0 Å². The van der Waals surface area contributed by atoms with E-state index in [0.29, 0.717) is 25.0 Å². The third kappa shape index (κ3) is 3.04. The first-order valence-corrected chi connectivity index (χ1v) is 6.90. The fraction of sp³-hybridized carbons (Fsp3) is 0.364. The highest BCUT2D eigenvalue weighted by Crippen LogP contribution is 2.22. The Morgan fingerprint density at radius 1 is 1.33 bits per heavy atom. The summed E-state index contributed by atoms with van der Waals surface area (Å²) in [7, 11) is -4.01. The number of halogens is 2. The van der Waals surface area contributed by atoms with Crippen LogP contribution in [0.2, 0.25) is 0 Å². The van der Waals surface area contributed by atoms with E-state index >= 15 is 0 Å². The number of carboxylic acid groups (broad SMARTS) is 1. The predicted octanol–water partition coefficient (Wildman–Crippen LogP) is 2.24. The van der Waals surface area contributed by atoms with Crippen molar-refractivity contribution in [2.45, 2.75) is 24.7 Å². The minimum Gasteiger partial charge on any atom is -0.478 e. The lowest BCUT2D eigenvalue weighted by atomic mass is 10.2. The van der Waals surface area contributed by atoms with E-state index in [1.165, 1.54) is 0 Å². The largest absolute Gasteiger partial charge is 0.478 e. The van der Waals surface area contributed by atoms with Crippen LogP contribution in [-0.4, -0.2) is 25.2 Å². The molecular formula is C11H12F2O4S. The van der Waals surface area contributed by atoms with E-state index in [9.17, 15) is 22.0 Å². The van der Waals surface area contributed by atoms with Crippen molar-refractivity contribution in [2.75, 3.05) is 5.75 Å². The fourth-order valence-corrected chi connectivity index (χ4v) is 2.92. The molecule has 0 heterocycles. The Hall–Kier alpha value is -1.50. The van der Waals surface area contributed by atoms with Gasteiger partial charge in [0.25, 0.3) is 0 Å². The van der Waals surface area contributed by atoms with Gasteiger partial charge in [0.1, 0.15) is 4.90 Å². The molecule has 0 atom stereocenters. The van der Waals surface area contributed by atoms with Crippen LogP contribution in [0.4, 0.5) is 8.78 Å². The van der Waals surface area contributed by atoms with Crippen molar-refractivity contribution in [1.29, 1.82) is 0 Å². The molecule has 1 aromatic carbocycles. The molecule has 0 amide bonds. The Bertz CT molecular complexity index is 567. The zero-order valence-electron chi connectivity index (χ0n) is 9.61. The van der Waals surface area contributed by atoms with Crippen molar-refractivity contribution in [1.82, 2.24) is 0 Å².